The summed E-state index contributed by atoms with van der Waals surface area (Å²) in [6.07, 6.45) is 5.41. The molecule has 0 aliphatic rings. The predicted octanol–water partition coefficient (Wildman–Crippen LogP) is 15.3. The van der Waals surface area contributed by atoms with E-state index in [1.54, 1.807) is 11.3 Å². The normalized spacial score (nSPS) is 12.0. The molecule has 8 aromatic rings. The molecule has 0 atom stereocenters. The van der Waals surface area contributed by atoms with Gasteiger partial charge < -0.3 is 9.55 Å². The molecule has 315 valence electrons. The number of aromatic nitrogens is 3. The van der Waals surface area contributed by atoms with E-state index in [9.17, 15) is 0 Å². The molecule has 3 aromatic heterocycles. The standard InChI is InChI=1S/C37H35N2S.C18H24NSi.Ir/c1-7-25(6)27-17-18-35-31(19-27)32(22-40-35)37-38-33-15-11-12-16-34(33)39(37)36-29(23(2)3)20-28(21-30(36)24(4)5)26-13-9-8-10-14-26;1-14(2)11-16-12-17(15-9-7-6-8-10-15)19-13-18(16)20(3,4)5;/h7-21,23-24H,1-6H3;6-9,12-14H,11H2,1-5H3;/q2*-1;/b25-7-;;. The largest absolute Gasteiger partial charge is 0.333 e. The van der Waals surface area contributed by atoms with Gasteiger partial charge in [-0.25, -0.2) is 0 Å². The Labute approximate surface area is 383 Å². The number of benzene rings is 5. The minimum Gasteiger partial charge on any atom is -0.333 e. The Morgan fingerprint density at radius 2 is 1.46 bits per heavy atom. The first-order chi connectivity index (χ1) is 28.7. The van der Waals surface area contributed by atoms with Crippen LogP contribution in [-0.4, -0.2) is 22.6 Å². The maximum absolute atomic E-state index is 5.28. The van der Waals surface area contributed by atoms with Crippen LogP contribution in [-0.2, 0) is 26.5 Å². The Kier molecular flexibility index (Phi) is 14.7. The van der Waals surface area contributed by atoms with Crippen LogP contribution in [0.4, 0.5) is 0 Å². The van der Waals surface area contributed by atoms with Crippen LogP contribution in [0, 0.1) is 17.4 Å². The van der Waals surface area contributed by atoms with Crippen LogP contribution in [0.2, 0.25) is 19.6 Å². The molecular weight excluding hydrogens is 955 g/mol. The predicted molar refractivity (Wildman–Crippen MR) is 264 cm³/mol. The van der Waals surface area contributed by atoms with E-state index in [2.05, 4.69) is 205 Å². The van der Waals surface area contributed by atoms with Gasteiger partial charge in [0.05, 0.1) is 24.9 Å². The number of pyridine rings is 1. The van der Waals surface area contributed by atoms with Crippen LogP contribution >= 0.6 is 11.3 Å². The van der Waals surface area contributed by atoms with Crippen molar-refractivity contribution in [3.8, 4) is 39.5 Å². The van der Waals surface area contributed by atoms with Crippen LogP contribution in [0.3, 0.4) is 0 Å². The van der Waals surface area contributed by atoms with Crippen molar-refractivity contribution in [2.75, 3.05) is 0 Å². The van der Waals surface area contributed by atoms with E-state index in [1.807, 2.05) is 18.2 Å². The summed E-state index contributed by atoms with van der Waals surface area (Å²) in [5.41, 5.74) is 15.7. The SMILES string of the molecule is C/C=C(/C)c1ccc2s[c-]c(-c3nc4ccccc4n3-c3c(C(C)C)cc(-c4ccccc4)cc3C(C)C)c2c1.CC(C)Cc1cc(-c2[c-]cccc2)ncc1[Si](C)(C)C.[Ir]. The fourth-order valence-electron chi connectivity index (χ4n) is 8.07. The molecule has 8 rings (SSSR count). The van der Waals surface area contributed by atoms with Crippen molar-refractivity contribution in [1.29, 1.82) is 0 Å². The number of allylic oxidation sites excluding steroid dienone is 2. The number of hydrogen-bond acceptors (Lipinski definition) is 3. The second kappa shape index (κ2) is 19.6. The van der Waals surface area contributed by atoms with Gasteiger partial charge in [-0.2, -0.15) is 0 Å². The first-order valence-corrected chi connectivity index (χ1v) is 25.8. The van der Waals surface area contributed by atoms with E-state index in [0.717, 1.165) is 40.1 Å². The minimum atomic E-state index is -1.34. The third kappa shape index (κ3) is 10.0. The molecule has 0 spiro atoms. The summed E-state index contributed by atoms with van der Waals surface area (Å²) in [4.78, 5) is 9.97. The first kappa shape index (κ1) is 45.8. The smallest absolute Gasteiger partial charge is 0.0798 e. The van der Waals surface area contributed by atoms with Crippen molar-refractivity contribution in [2.45, 2.75) is 93.3 Å². The van der Waals surface area contributed by atoms with Crippen LogP contribution in [0.25, 0.3) is 66.2 Å². The van der Waals surface area contributed by atoms with Gasteiger partial charge in [0.25, 0.3) is 0 Å². The van der Waals surface area contributed by atoms with Crippen molar-refractivity contribution in [3.05, 3.63) is 161 Å². The van der Waals surface area contributed by atoms with Crippen LogP contribution in [0.15, 0.2) is 128 Å². The third-order valence-electron chi connectivity index (χ3n) is 11.3. The van der Waals surface area contributed by atoms with Crippen LogP contribution < -0.4 is 5.19 Å². The van der Waals surface area contributed by atoms with Crippen molar-refractivity contribution >= 4 is 51.3 Å². The fourth-order valence-corrected chi connectivity index (χ4v) is 10.5. The molecule has 6 heteroatoms. The minimum absolute atomic E-state index is 0. The van der Waals surface area contributed by atoms with E-state index in [1.165, 1.54) is 59.9 Å². The summed E-state index contributed by atoms with van der Waals surface area (Å²) in [7, 11) is -1.34. The van der Waals surface area contributed by atoms with E-state index in [4.69, 9.17) is 4.98 Å². The molecule has 0 aliphatic carbocycles. The summed E-state index contributed by atoms with van der Waals surface area (Å²) >= 11 is 1.67. The molecule has 3 nitrogen and oxygen atoms in total. The third-order valence-corrected chi connectivity index (χ3v) is 14.3. The Hall–Kier alpha value is -4.71. The number of thiophene rings is 1. The van der Waals surface area contributed by atoms with Gasteiger partial charge >= 0.3 is 0 Å². The fraction of sp³-hybridized carbons (Fsp3) is 0.273. The van der Waals surface area contributed by atoms with E-state index < -0.39 is 8.07 Å². The summed E-state index contributed by atoms with van der Waals surface area (Å²) in [5, 5.41) is 6.36. The first-order valence-electron chi connectivity index (χ1n) is 21.5. The molecule has 0 N–H and O–H groups in total. The maximum atomic E-state index is 5.28. The molecule has 1 radical (unpaired) electrons. The average molecular weight is 1010 g/mol. The number of hydrogen-bond donors (Lipinski definition) is 0. The van der Waals surface area contributed by atoms with E-state index in [0.29, 0.717) is 17.8 Å². The summed E-state index contributed by atoms with van der Waals surface area (Å²) in [6, 6.07) is 44.4. The molecule has 3 heterocycles. The molecule has 5 aromatic carbocycles. The molecular formula is C55H59IrN3SSi-2. The maximum Gasteiger partial charge on any atom is 0.0798 e. The van der Waals surface area contributed by atoms with Gasteiger partial charge in [-0.15, -0.1) is 41.3 Å². The molecule has 0 amide bonds. The number of fused-ring (bicyclic) bond motifs is 2. The topological polar surface area (TPSA) is 30.7 Å². The molecule has 0 unspecified atom stereocenters. The Balaban J connectivity index is 0.000000250. The van der Waals surface area contributed by atoms with Crippen molar-refractivity contribution in [3.63, 3.8) is 0 Å². The van der Waals surface area contributed by atoms with Gasteiger partial charge in [0, 0.05) is 32.0 Å². The molecule has 0 aliphatic heterocycles. The van der Waals surface area contributed by atoms with Gasteiger partial charge in [-0.3, -0.25) is 16.3 Å². The van der Waals surface area contributed by atoms with Gasteiger partial charge in [0.15, 0.2) is 0 Å². The average Bonchev–Trinajstić information content (AvgIpc) is 3.84. The van der Waals surface area contributed by atoms with Crippen LogP contribution in [0.5, 0.6) is 0 Å². The zero-order valence-electron chi connectivity index (χ0n) is 37.6. The Morgan fingerprint density at radius 1 is 0.787 bits per heavy atom. The van der Waals surface area contributed by atoms with Gasteiger partial charge in [0.1, 0.15) is 0 Å². The van der Waals surface area contributed by atoms with E-state index in [-0.39, 0.29) is 20.1 Å². The Morgan fingerprint density at radius 3 is 2.08 bits per heavy atom. The van der Waals surface area contributed by atoms with Gasteiger partial charge in [-0.1, -0.05) is 155 Å². The van der Waals surface area contributed by atoms with Crippen LogP contribution in [0.1, 0.15) is 89.5 Å². The number of para-hydroxylation sites is 2. The van der Waals surface area contributed by atoms with Gasteiger partial charge in [0.2, 0.25) is 0 Å². The van der Waals surface area contributed by atoms with Crippen molar-refractivity contribution in [2.24, 2.45) is 5.92 Å². The molecule has 0 fully saturated rings. The zero-order chi connectivity index (χ0) is 42.7. The quantitative estimate of drug-likeness (QED) is 0.101. The molecule has 0 bridgehead atoms. The summed E-state index contributed by atoms with van der Waals surface area (Å²) in [5.74, 6) is 2.29. The second-order valence-electron chi connectivity index (χ2n) is 18.1. The Bertz CT molecular complexity index is 2740. The second-order valence-corrected chi connectivity index (χ2v) is 23.9. The number of rotatable bonds is 10. The van der Waals surface area contributed by atoms with Crippen molar-refractivity contribution < 1.29 is 20.1 Å². The zero-order valence-corrected chi connectivity index (χ0v) is 41.9. The number of nitrogens with zero attached hydrogens (tertiary/aromatic N) is 3. The summed E-state index contributed by atoms with van der Waals surface area (Å²) < 4.78 is 3.65. The summed E-state index contributed by atoms with van der Waals surface area (Å²) in [6.45, 7) is 25.2. The molecule has 0 saturated carbocycles. The van der Waals surface area contributed by atoms with Gasteiger partial charge in [-0.05, 0) is 107 Å². The number of imidazole rings is 1. The molecule has 0 saturated heterocycles. The monoisotopic (exact) mass is 1010 g/mol. The van der Waals surface area contributed by atoms with E-state index >= 15 is 0 Å². The molecule has 61 heavy (non-hydrogen) atoms. The van der Waals surface area contributed by atoms with Crippen molar-refractivity contribution in [1.82, 2.24) is 14.5 Å².